The fourth-order valence-electron chi connectivity index (χ4n) is 16.0. The van der Waals surface area contributed by atoms with Crippen molar-refractivity contribution in [2.45, 2.75) is 209 Å². The minimum Gasteiger partial charge on any atom is -0.394 e. The number of primary amides is 2. The average Bonchev–Trinajstić information content (AvgIpc) is 1.24. The monoisotopic (exact) mass is 1890 g/mol. The van der Waals surface area contributed by atoms with Crippen LogP contribution in [-0.2, 0) is 112 Å². The number of hydrogen-bond acceptors (Lipinski definition) is 22. The summed E-state index contributed by atoms with van der Waals surface area (Å²) in [6, 6.07) is 1.76. The molecule has 24 N–H and O–H groups in total. The standard InChI is InChI=1S/C90H125N25O19S/c1-8-9-29-70-84(129)104-60(28-18-31-96-90(93)94)79(124)111-69(78(123)100-43-73(92)118)46-135-47-75(120)103-65(34-51-20-11-10-12-21-51)87(132)113(6)50(4)76(121)107-66(38-72(91)117)89(134)115-32-19-30-71(115)85(130)106-63(37-55-41-95-48-101-55)82(127)108-64(33-49(2)3)86(131)112(5)44-74(119)102-61(35-53-39-97-58-26-15-13-24-56(53)58)80(125)110-68(45-116)83(128)105-62(36-54-40-98-59-27-16-14-25-57(54)59)81(126)109-67(88(133)114(70)7)42-99-77(122)52-22-17-23-52/h10-16,20-21,24-27,39-41,48-50,52,60-71,97-98,116H,8-9,17-19,22-23,28-38,42-47H2,1-7H3,(H2,91,117)(H2,92,118)(H,95,101)(H,99,122)(H,100,123)(H,102,119)(H,103,120)(H,104,129)(H,105,128)(H,106,130)(H,107,121)(H,108,127)(H,109,126)(H,110,125)(H,111,124)(H4,93,94,96)/t50-,60-,61-,62-,63-,64-,65-,66-,67-,68-,69-,70-,71-/m0/s1. The number of fused-ring (bicyclic) bond motifs is 3. The van der Waals surface area contributed by atoms with Gasteiger partial charge in [-0.1, -0.05) is 107 Å². The molecule has 730 valence electrons. The van der Waals surface area contributed by atoms with Gasteiger partial charge in [-0.2, -0.15) is 0 Å². The number of thioether (sulfide) groups is 1. The fraction of sp³-hybridized carbons (Fsp3) is 0.511. The van der Waals surface area contributed by atoms with E-state index in [2.05, 4.69) is 89.1 Å². The lowest BCUT2D eigenvalue weighted by Crippen LogP contribution is -2.62. The van der Waals surface area contributed by atoms with Gasteiger partial charge in [0.25, 0.3) is 0 Å². The van der Waals surface area contributed by atoms with Crippen LogP contribution in [0.4, 0.5) is 0 Å². The number of benzene rings is 3. The molecule has 3 aromatic carbocycles. The smallest absolute Gasteiger partial charge is 0.247 e. The Kier molecular flexibility index (Phi) is 39.3. The number of aliphatic hydroxyl groups excluding tert-OH is 1. The Morgan fingerprint density at radius 3 is 1.70 bits per heavy atom. The zero-order valence-corrected chi connectivity index (χ0v) is 77.4. The summed E-state index contributed by atoms with van der Waals surface area (Å²) < 4.78 is 0. The van der Waals surface area contributed by atoms with Gasteiger partial charge in [0.1, 0.15) is 78.5 Å². The van der Waals surface area contributed by atoms with Gasteiger partial charge in [0.15, 0.2) is 5.96 Å². The summed E-state index contributed by atoms with van der Waals surface area (Å²) in [7, 11) is 3.77. The van der Waals surface area contributed by atoms with Crippen molar-refractivity contribution in [3.63, 3.8) is 0 Å². The van der Waals surface area contributed by atoms with Crippen molar-refractivity contribution in [1.29, 1.82) is 5.41 Å². The number of aromatic nitrogens is 4. The summed E-state index contributed by atoms with van der Waals surface area (Å²) >= 11 is 0.773. The molecule has 0 unspecified atom stereocenters. The summed E-state index contributed by atoms with van der Waals surface area (Å²) in [5.41, 5.74) is 19.8. The third-order valence-corrected chi connectivity index (χ3v) is 24.8. The van der Waals surface area contributed by atoms with Crippen LogP contribution in [0.25, 0.3) is 21.8 Å². The average molecular weight is 1890 g/mol. The molecule has 1 aliphatic carbocycles. The largest absolute Gasteiger partial charge is 0.394 e. The summed E-state index contributed by atoms with van der Waals surface area (Å²) in [5, 5.41) is 54.5. The number of guanidine groups is 1. The molecule has 45 heteroatoms. The number of nitrogens with zero attached hydrogens (tertiary/aromatic N) is 5. The molecule has 6 aromatic rings. The van der Waals surface area contributed by atoms with Gasteiger partial charge in [0.05, 0.1) is 38.2 Å². The predicted octanol–water partition coefficient (Wildman–Crippen LogP) is -3.75. The second-order valence-corrected chi connectivity index (χ2v) is 35.5. The molecular formula is C90H125N25O19S. The van der Waals surface area contributed by atoms with E-state index in [9.17, 15) is 67.4 Å². The summed E-state index contributed by atoms with van der Waals surface area (Å²) in [4.78, 5) is 280. The van der Waals surface area contributed by atoms with E-state index in [1.54, 1.807) is 112 Å². The van der Waals surface area contributed by atoms with Crippen LogP contribution in [-0.4, -0.2) is 307 Å². The lowest BCUT2D eigenvalue weighted by molar-refractivity contribution is -0.145. The van der Waals surface area contributed by atoms with Crippen molar-refractivity contribution in [3.8, 4) is 0 Å². The molecule has 0 spiro atoms. The van der Waals surface area contributed by atoms with Gasteiger partial charge in [-0.05, 0) is 93.0 Å². The number of likely N-dealkylation sites (N-methyl/N-ethyl adjacent to an activating group) is 3. The fourth-order valence-corrected chi connectivity index (χ4v) is 16.9. The van der Waals surface area contributed by atoms with E-state index < -0.39 is 241 Å². The number of nitrogens with two attached hydrogens (primary N) is 3. The molecule has 3 aromatic heterocycles. The molecule has 18 amide bonds. The molecule has 2 aliphatic heterocycles. The van der Waals surface area contributed by atoms with Crippen LogP contribution in [0.5, 0.6) is 0 Å². The summed E-state index contributed by atoms with van der Waals surface area (Å²) in [5.74, 6) is -19.0. The lowest BCUT2D eigenvalue weighted by Gasteiger charge is -2.33. The predicted molar refractivity (Wildman–Crippen MR) is 496 cm³/mol. The molecule has 2 saturated heterocycles. The molecule has 3 aliphatic rings. The van der Waals surface area contributed by atoms with E-state index >= 15 is 24.0 Å². The Balaban J connectivity index is 1.09. The Labute approximate surface area is 783 Å². The number of nitrogens with one attached hydrogen (secondary N) is 17. The number of unbranched alkanes of at least 4 members (excludes halogenated alkanes) is 1. The minimum atomic E-state index is -1.91. The van der Waals surface area contributed by atoms with Gasteiger partial charge in [-0.3, -0.25) is 91.7 Å². The van der Waals surface area contributed by atoms with Crippen molar-refractivity contribution in [2.75, 3.05) is 72.0 Å². The quantitative estimate of drug-likeness (QED) is 0.0141. The molecule has 0 bridgehead atoms. The number of imidazole rings is 1. The zero-order valence-electron chi connectivity index (χ0n) is 76.6. The molecule has 1 saturated carbocycles. The normalized spacial score (nSPS) is 23.8. The highest BCUT2D eigenvalue weighted by molar-refractivity contribution is 8.00. The van der Waals surface area contributed by atoms with Crippen molar-refractivity contribution in [2.24, 2.45) is 29.0 Å². The van der Waals surface area contributed by atoms with Crippen LogP contribution in [0.3, 0.4) is 0 Å². The topological polar surface area (TPSA) is 659 Å². The molecule has 3 fully saturated rings. The minimum absolute atomic E-state index is 0.00605. The van der Waals surface area contributed by atoms with Crippen LogP contribution >= 0.6 is 11.8 Å². The van der Waals surface area contributed by atoms with E-state index in [0.717, 1.165) is 37.8 Å². The maximum atomic E-state index is 15.6. The Hall–Kier alpha value is -14.0. The third-order valence-electron chi connectivity index (χ3n) is 23.8. The van der Waals surface area contributed by atoms with Crippen molar-refractivity contribution in [3.05, 3.63) is 126 Å². The second kappa shape index (κ2) is 50.7. The molecular weight excluding hydrogens is 1770 g/mol. The van der Waals surface area contributed by atoms with Gasteiger partial charge >= 0.3 is 0 Å². The molecule has 13 atom stereocenters. The van der Waals surface area contributed by atoms with E-state index in [4.69, 9.17) is 22.6 Å². The van der Waals surface area contributed by atoms with Crippen molar-refractivity contribution in [1.82, 2.24) is 109 Å². The molecule has 9 rings (SSSR count). The van der Waals surface area contributed by atoms with Crippen LogP contribution in [0, 0.1) is 17.2 Å². The summed E-state index contributed by atoms with van der Waals surface area (Å²) in [6.45, 7) is 3.29. The lowest BCUT2D eigenvalue weighted by atomic mass is 9.85. The van der Waals surface area contributed by atoms with E-state index in [0.29, 0.717) is 63.5 Å². The van der Waals surface area contributed by atoms with Gasteiger partial charge < -0.3 is 126 Å². The number of aliphatic hydroxyl groups is 1. The first-order valence-electron chi connectivity index (χ1n) is 45.0. The van der Waals surface area contributed by atoms with E-state index in [-0.39, 0.29) is 89.6 Å². The zero-order chi connectivity index (χ0) is 98.3. The molecule has 0 radical (unpaired) electrons. The van der Waals surface area contributed by atoms with Crippen LogP contribution < -0.4 is 86.3 Å². The van der Waals surface area contributed by atoms with Gasteiger partial charge in [0.2, 0.25) is 106 Å². The van der Waals surface area contributed by atoms with E-state index in [1.165, 1.54) is 40.6 Å². The number of aromatic amines is 3. The number of H-pyrrole nitrogens is 3. The number of amides is 18. The first kappa shape index (κ1) is 105. The van der Waals surface area contributed by atoms with Crippen LogP contribution in [0.1, 0.15) is 127 Å². The highest BCUT2D eigenvalue weighted by Gasteiger charge is 2.44. The van der Waals surface area contributed by atoms with Crippen LogP contribution in [0.2, 0.25) is 0 Å². The second-order valence-electron chi connectivity index (χ2n) is 34.5. The molecule has 44 nitrogen and oxygen atoms in total. The maximum absolute atomic E-state index is 15.6. The highest BCUT2D eigenvalue weighted by atomic mass is 32.2. The number of carbonyl (C=O) groups excluding carboxylic acids is 18. The SMILES string of the molecule is CCCC[C@H]1C(=O)N[C@@H](CCCNC(=N)N)C(=O)N[C@H](C(=O)NCC(N)=O)CSCC(=O)N[C@@H](Cc2ccccc2)C(=O)N(C)[C@@H](C)C(=O)N[C@@H](CC(N)=O)C(=O)N2CCC[C@H]2C(=O)N[C@@H](Cc2cnc[nH]2)C(=O)N[C@@H](CC(C)C)C(=O)N(C)CC(=O)N[C@@H](Cc2c[nH]c3ccccc23)C(=O)N[C@@H](CO)C(=O)N[C@@H](Cc2c[nH]c3ccccc23)C(=O)N[C@@H](CNC(=O)C2CCC2)C(=O)N1C. The molecule has 135 heavy (non-hydrogen) atoms. The van der Waals surface area contributed by atoms with Gasteiger partial charge in [-0.25, -0.2) is 4.98 Å². The van der Waals surface area contributed by atoms with Gasteiger partial charge in [0, 0.05) is 124 Å². The van der Waals surface area contributed by atoms with Crippen molar-refractivity contribution >= 4 is 146 Å². The Bertz CT molecular complexity index is 5220. The van der Waals surface area contributed by atoms with E-state index in [1.807, 2.05) is 0 Å². The number of para-hydroxylation sites is 2. The Morgan fingerprint density at radius 1 is 0.541 bits per heavy atom. The van der Waals surface area contributed by atoms with Crippen molar-refractivity contribution < 1.29 is 91.4 Å². The Morgan fingerprint density at radius 2 is 1.10 bits per heavy atom. The highest BCUT2D eigenvalue weighted by Crippen LogP contribution is 2.28. The number of hydrogen-bond donors (Lipinski definition) is 21. The number of carbonyl (C=O) groups is 18. The third kappa shape index (κ3) is 30.5. The summed E-state index contributed by atoms with van der Waals surface area (Å²) in [6.07, 6.45) is 6.34. The first-order valence-corrected chi connectivity index (χ1v) is 46.2. The molecule has 5 heterocycles. The van der Waals surface area contributed by atoms with Gasteiger partial charge in [-0.15, -0.1) is 11.8 Å². The maximum Gasteiger partial charge on any atom is 0.247 e. The first-order chi connectivity index (χ1) is 64.4. The van der Waals surface area contributed by atoms with Crippen LogP contribution in [0.15, 0.2) is 104 Å². The number of rotatable bonds is 26.